The highest BCUT2D eigenvalue weighted by Gasteiger charge is 2.37. The lowest BCUT2D eigenvalue weighted by molar-refractivity contribution is -0.122. The smallest absolute Gasteiger partial charge is 0.240 e. The van der Waals surface area contributed by atoms with Gasteiger partial charge in [0.15, 0.2) is 0 Å². The third kappa shape index (κ3) is 5.95. The Labute approximate surface area is 237 Å². The zero-order chi connectivity index (χ0) is 28.1. The Morgan fingerprint density at radius 2 is 1.90 bits per heavy atom. The summed E-state index contributed by atoms with van der Waals surface area (Å²) >= 11 is 1.41. The van der Waals surface area contributed by atoms with Crippen molar-refractivity contribution in [1.29, 1.82) is 0 Å². The topological polar surface area (TPSA) is 76.5 Å². The largest absolute Gasteiger partial charge is 0.385 e. The molecular weight excluding hydrogens is 527 g/mol. The van der Waals surface area contributed by atoms with E-state index >= 15 is 0 Å². The molecule has 0 bridgehead atoms. The monoisotopic (exact) mass is 558 g/mol. The van der Waals surface area contributed by atoms with Crippen molar-refractivity contribution in [2.24, 2.45) is 0 Å². The van der Waals surface area contributed by atoms with Crippen LogP contribution in [0.1, 0.15) is 28.4 Å². The number of halogens is 1. The van der Waals surface area contributed by atoms with Gasteiger partial charge in [-0.25, -0.2) is 9.07 Å². The van der Waals surface area contributed by atoms with Crippen LogP contribution >= 0.6 is 11.8 Å². The number of aryl methyl sites for hydroxylation is 1. The normalized spacial score (nSPS) is 15.0. The first-order valence-electron chi connectivity index (χ1n) is 13.1. The maximum Gasteiger partial charge on any atom is 0.240 e. The Bertz CT molecular complexity index is 1510. The van der Waals surface area contributed by atoms with Gasteiger partial charge in [0.1, 0.15) is 18.2 Å². The lowest BCUT2D eigenvalue weighted by Gasteiger charge is -2.23. The summed E-state index contributed by atoms with van der Waals surface area (Å²) in [5.74, 6) is -0.210. The van der Waals surface area contributed by atoms with Crippen LogP contribution in [-0.4, -0.2) is 54.2 Å². The highest BCUT2D eigenvalue weighted by molar-refractivity contribution is 8.00. The quantitative estimate of drug-likeness (QED) is 0.282. The molecule has 1 N–H and O–H groups in total. The van der Waals surface area contributed by atoms with E-state index < -0.39 is 5.25 Å². The maximum atomic E-state index is 14.5. The van der Waals surface area contributed by atoms with Crippen molar-refractivity contribution in [3.8, 4) is 16.9 Å². The van der Waals surface area contributed by atoms with Gasteiger partial charge < -0.3 is 10.1 Å². The van der Waals surface area contributed by atoms with Crippen molar-refractivity contribution in [3.63, 3.8) is 0 Å². The van der Waals surface area contributed by atoms with Gasteiger partial charge in [0.25, 0.3) is 0 Å². The summed E-state index contributed by atoms with van der Waals surface area (Å²) in [6.45, 7) is 2.79. The predicted molar refractivity (Wildman–Crippen MR) is 156 cm³/mol. The second kappa shape index (κ2) is 12.5. The molecule has 2 amide bonds. The third-order valence-corrected chi connectivity index (χ3v) is 7.94. The molecule has 7 nitrogen and oxygen atoms in total. The summed E-state index contributed by atoms with van der Waals surface area (Å²) in [5.41, 5.74) is 4.83. The highest BCUT2D eigenvalue weighted by atomic mass is 32.2. The number of benzene rings is 3. The standard InChI is InChI=1S/C31H31FN4O3S/c1-21-9-6-14-25(17-21)36-31-28(29(34-36)22-10-4-3-5-11-22)30(23-12-7-13-24(32)18-23)40-20-27(38)35(31)19-26(37)33-15-8-16-39-2/h3-7,9-14,17-18,30H,8,15-16,19-20H2,1-2H3,(H,33,37). The van der Waals surface area contributed by atoms with Crippen molar-refractivity contribution in [1.82, 2.24) is 15.1 Å². The molecule has 1 aliphatic rings. The molecule has 1 aliphatic heterocycles. The van der Waals surface area contributed by atoms with Crippen molar-refractivity contribution in [3.05, 3.63) is 101 Å². The van der Waals surface area contributed by atoms with Crippen LogP contribution in [0.5, 0.6) is 0 Å². The van der Waals surface area contributed by atoms with E-state index in [0.29, 0.717) is 31.1 Å². The third-order valence-electron chi connectivity index (χ3n) is 6.68. The molecular formula is C31H31FN4O3S. The summed E-state index contributed by atoms with van der Waals surface area (Å²) < 4.78 is 21.3. The predicted octanol–water partition coefficient (Wildman–Crippen LogP) is 5.31. The molecule has 0 saturated carbocycles. The molecule has 40 heavy (non-hydrogen) atoms. The first-order valence-corrected chi connectivity index (χ1v) is 14.2. The number of nitrogens with one attached hydrogen (secondary N) is 1. The van der Waals surface area contributed by atoms with Gasteiger partial charge in [-0.2, -0.15) is 5.10 Å². The minimum Gasteiger partial charge on any atom is -0.385 e. The number of methoxy groups -OCH3 is 1. The number of rotatable bonds is 9. The van der Waals surface area contributed by atoms with Crippen LogP contribution in [0.25, 0.3) is 16.9 Å². The second-order valence-electron chi connectivity index (χ2n) is 9.62. The maximum absolute atomic E-state index is 14.5. The van der Waals surface area contributed by atoms with Crippen molar-refractivity contribution >= 4 is 29.4 Å². The molecule has 2 heterocycles. The summed E-state index contributed by atoms with van der Waals surface area (Å²) in [4.78, 5) is 28.3. The van der Waals surface area contributed by atoms with E-state index in [1.807, 2.05) is 67.6 Å². The molecule has 1 unspecified atom stereocenters. The van der Waals surface area contributed by atoms with E-state index in [9.17, 15) is 14.0 Å². The van der Waals surface area contributed by atoms with E-state index in [4.69, 9.17) is 9.84 Å². The van der Waals surface area contributed by atoms with Gasteiger partial charge >= 0.3 is 0 Å². The molecule has 3 aromatic carbocycles. The fourth-order valence-corrected chi connectivity index (χ4v) is 6.03. The summed E-state index contributed by atoms with van der Waals surface area (Å²) in [6.07, 6.45) is 0.665. The molecule has 1 aromatic heterocycles. The minimum atomic E-state index is -0.391. The van der Waals surface area contributed by atoms with Crippen LogP contribution < -0.4 is 10.2 Å². The first kappa shape index (κ1) is 27.6. The van der Waals surface area contributed by atoms with Gasteiger partial charge in [0.05, 0.1) is 22.4 Å². The summed E-state index contributed by atoms with van der Waals surface area (Å²) in [6, 6.07) is 24.0. The van der Waals surface area contributed by atoms with Crippen LogP contribution in [0.2, 0.25) is 0 Å². The molecule has 1 atom stereocenters. The minimum absolute atomic E-state index is 0.120. The van der Waals surface area contributed by atoms with Crippen molar-refractivity contribution in [2.45, 2.75) is 18.6 Å². The Morgan fingerprint density at radius 3 is 2.65 bits per heavy atom. The van der Waals surface area contributed by atoms with E-state index in [1.54, 1.807) is 17.9 Å². The molecule has 9 heteroatoms. The number of carbonyl (C=O) groups is 2. The van der Waals surface area contributed by atoms with Gasteiger partial charge in [0.2, 0.25) is 11.8 Å². The molecule has 0 fully saturated rings. The van der Waals surface area contributed by atoms with Gasteiger partial charge in [-0.1, -0.05) is 54.6 Å². The molecule has 5 rings (SSSR count). The zero-order valence-corrected chi connectivity index (χ0v) is 23.3. The SMILES string of the molecule is COCCCNC(=O)CN1C(=O)CSC(c2cccc(F)c2)c2c(-c3ccccc3)nn(-c3cccc(C)c3)c21. The number of hydrogen-bond acceptors (Lipinski definition) is 5. The van der Waals surface area contributed by atoms with Gasteiger partial charge in [-0.05, 0) is 48.7 Å². The van der Waals surface area contributed by atoms with E-state index in [0.717, 1.165) is 27.9 Å². The second-order valence-corrected chi connectivity index (χ2v) is 10.7. The van der Waals surface area contributed by atoms with E-state index in [-0.39, 0.29) is 29.9 Å². The summed E-state index contributed by atoms with van der Waals surface area (Å²) in [5, 5.41) is 7.56. The van der Waals surface area contributed by atoms with E-state index in [2.05, 4.69) is 5.32 Å². The lowest BCUT2D eigenvalue weighted by atomic mass is 9.99. The molecule has 0 aliphatic carbocycles. The molecule has 4 aromatic rings. The molecule has 206 valence electrons. The van der Waals surface area contributed by atoms with Gasteiger partial charge in [-0.15, -0.1) is 11.8 Å². The molecule has 0 saturated heterocycles. The number of thioether (sulfide) groups is 1. The number of amides is 2. The first-order chi connectivity index (χ1) is 19.5. The number of anilines is 1. The molecule has 0 spiro atoms. The Kier molecular flexibility index (Phi) is 8.62. The average Bonchev–Trinajstić information content (AvgIpc) is 3.28. The number of ether oxygens (including phenoxy) is 1. The van der Waals surface area contributed by atoms with Crippen LogP contribution in [-0.2, 0) is 14.3 Å². The van der Waals surface area contributed by atoms with Crippen molar-refractivity contribution < 1.29 is 18.7 Å². The Balaban J connectivity index is 1.71. The Hall–Kier alpha value is -3.95. The Morgan fingerprint density at radius 1 is 1.10 bits per heavy atom. The van der Waals surface area contributed by atoms with Crippen LogP contribution in [0.15, 0.2) is 78.9 Å². The number of fused-ring (bicyclic) bond motifs is 1. The fourth-order valence-electron chi connectivity index (χ4n) is 4.84. The van der Waals surface area contributed by atoms with Gasteiger partial charge in [0, 0.05) is 31.4 Å². The van der Waals surface area contributed by atoms with Crippen LogP contribution in [0.3, 0.4) is 0 Å². The lowest BCUT2D eigenvalue weighted by Crippen LogP contribution is -2.42. The van der Waals surface area contributed by atoms with Crippen molar-refractivity contribution in [2.75, 3.05) is 37.5 Å². The van der Waals surface area contributed by atoms with E-state index in [1.165, 1.54) is 28.8 Å². The van der Waals surface area contributed by atoms with Crippen LogP contribution in [0.4, 0.5) is 10.2 Å². The number of aromatic nitrogens is 2. The fraction of sp³-hybridized carbons (Fsp3) is 0.258. The average molecular weight is 559 g/mol. The number of carbonyl (C=O) groups excluding carboxylic acids is 2. The zero-order valence-electron chi connectivity index (χ0n) is 22.5. The summed E-state index contributed by atoms with van der Waals surface area (Å²) in [7, 11) is 1.61. The van der Waals surface area contributed by atoms with Crippen LogP contribution in [0, 0.1) is 12.7 Å². The number of nitrogens with zero attached hydrogens (tertiary/aromatic N) is 3. The van der Waals surface area contributed by atoms with Gasteiger partial charge in [-0.3, -0.25) is 14.5 Å². The number of hydrogen-bond donors (Lipinski definition) is 1. The highest BCUT2D eigenvalue weighted by Crippen LogP contribution is 2.48. The molecule has 0 radical (unpaired) electrons.